The van der Waals surface area contributed by atoms with Crippen LogP contribution in [0.15, 0.2) is 11.6 Å². The summed E-state index contributed by atoms with van der Waals surface area (Å²) in [6.07, 6.45) is 1.83. The van der Waals surface area contributed by atoms with Crippen molar-refractivity contribution < 1.29 is 14.3 Å². The highest BCUT2D eigenvalue weighted by atomic mass is 16.5. The minimum absolute atomic E-state index is 0.0468. The Hall–Kier alpha value is -1.12. The molecule has 0 aliphatic heterocycles. The monoisotopic (exact) mass is 210 g/mol. The Kier molecular flexibility index (Phi) is 3.32. The lowest BCUT2D eigenvalue weighted by atomic mass is 9.76. The summed E-state index contributed by atoms with van der Waals surface area (Å²) in [5.41, 5.74) is 0.825. The second-order valence-corrected chi connectivity index (χ2v) is 4.51. The smallest absolute Gasteiger partial charge is 0.306 e. The molecule has 1 aliphatic rings. The van der Waals surface area contributed by atoms with Crippen molar-refractivity contribution in [1.29, 1.82) is 0 Å². The Morgan fingerprint density at radius 2 is 2.13 bits per heavy atom. The molecule has 0 unspecified atom stereocenters. The van der Waals surface area contributed by atoms with Crippen LogP contribution in [0.25, 0.3) is 0 Å². The van der Waals surface area contributed by atoms with E-state index in [2.05, 4.69) is 0 Å². The largest absolute Gasteiger partial charge is 0.466 e. The number of ether oxygens (including phenoxy) is 1. The number of carbonyl (C=O) groups excluding carboxylic acids is 2. The number of carbonyl (C=O) groups is 2. The average molecular weight is 210 g/mol. The van der Waals surface area contributed by atoms with Gasteiger partial charge in [-0.3, -0.25) is 9.59 Å². The third-order valence-corrected chi connectivity index (χ3v) is 3.27. The van der Waals surface area contributed by atoms with E-state index in [9.17, 15) is 9.59 Å². The molecule has 0 N–H and O–H groups in total. The highest BCUT2D eigenvalue weighted by Gasteiger charge is 2.42. The summed E-state index contributed by atoms with van der Waals surface area (Å²) in [6, 6.07) is 0. The first-order valence-electron chi connectivity index (χ1n) is 5.27. The molecule has 0 fully saturated rings. The Balaban J connectivity index is 2.72. The molecule has 3 heteroatoms. The normalized spacial score (nSPS) is 23.9. The van der Waals surface area contributed by atoms with E-state index in [0.717, 1.165) is 5.57 Å². The van der Waals surface area contributed by atoms with Crippen molar-refractivity contribution in [2.45, 2.75) is 34.1 Å². The molecule has 1 rings (SSSR count). The second kappa shape index (κ2) is 4.17. The van der Waals surface area contributed by atoms with E-state index in [1.807, 2.05) is 20.8 Å². The van der Waals surface area contributed by atoms with Crippen LogP contribution in [0, 0.1) is 11.3 Å². The summed E-state index contributed by atoms with van der Waals surface area (Å²) in [6.45, 7) is 8.06. The van der Waals surface area contributed by atoms with Gasteiger partial charge in [-0.05, 0) is 25.3 Å². The highest BCUT2D eigenvalue weighted by Crippen LogP contribution is 2.42. The maximum absolute atomic E-state index is 11.7. The molecule has 1 atom stereocenters. The van der Waals surface area contributed by atoms with Gasteiger partial charge in [-0.2, -0.15) is 0 Å². The third-order valence-electron chi connectivity index (χ3n) is 3.27. The topological polar surface area (TPSA) is 43.4 Å². The van der Waals surface area contributed by atoms with Crippen molar-refractivity contribution in [3.8, 4) is 0 Å². The SMILES string of the molecule is CCOC(=O)C[C@H]1C(=O)C=C(C)C1(C)C. The molecule has 3 nitrogen and oxygen atoms in total. The molecular weight excluding hydrogens is 192 g/mol. The maximum atomic E-state index is 11.7. The van der Waals surface area contributed by atoms with Crippen molar-refractivity contribution in [1.82, 2.24) is 0 Å². The van der Waals surface area contributed by atoms with Gasteiger partial charge in [0.25, 0.3) is 0 Å². The molecule has 0 radical (unpaired) electrons. The number of allylic oxidation sites excluding steroid dienone is 2. The molecule has 0 aromatic rings. The highest BCUT2D eigenvalue weighted by molar-refractivity contribution is 5.98. The van der Waals surface area contributed by atoms with Crippen LogP contribution in [0.2, 0.25) is 0 Å². The van der Waals surface area contributed by atoms with Crippen molar-refractivity contribution in [2.24, 2.45) is 11.3 Å². The van der Waals surface area contributed by atoms with Gasteiger partial charge in [-0.15, -0.1) is 0 Å². The molecule has 0 spiro atoms. The molecule has 0 heterocycles. The molecule has 84 valence electrons. The summed E-state index contributed by atoms with van der Waals surface area (Å²) >= 11 is 0. The van der Waals surface area contributed by atoms with Crippen molar-refractivity contribution in [2.75, 3.05) is 6.61 Å². The van der Waals surface area contributed by atoms with Gasteiger partial charge in [-0.1, -0.05) is 19.4 Å². The van der Waals surface area contributed by atoms with Gasteiger partial charge in [0, 0.05) is 5.92 Å². The Bertz CT molecular complexity index is 313. The molecule has 0 saturated carbocycles. The Morgan fingerprint density at radius 3 is 2.53 bits per heavy atom. The van der Waals surface area contributed by atoms with E-state index in [1.165, 1.54) is 0 Å². The van der Waals surface area contributed by atoms with Gasteiger partial charge in [-0.25, -0.2) is 0 Å². The quantitative estimate of drug-likeness (QED) is 0.670. The maximum Gasteiger partial charge on any atom is 0.306 e. The number of hydrogen-bond donors (Lipinski definition) is 0. The van der Waals surface area contributed by atoms with Gasteiger partial charge in [0.1, 0.15) is 0 Å². The zero-order valence-corrected chi connectivity index (χ0v) is 9.79. The van der Waals surface area contributed by atoms with Gasteiger partial charge in [0.15, 0.2) is 5.78 Å². The molecule has 15 heavy (non-hydrogen) atoms. The van der Waals surface area contributed by atoms with Crippen molar-refractivity contribution in [3.05, 3.63) is 11.6 Å². The molecule has 0 saturated heterocycles. The first-order valence-corrected chi connectivity index (χ1v) is 5.27. The number of hydrogen-bond acceptors (Lipinski definition) is 3. The lowest BCUT2D eigenvalue weighted by molar-refractivity contribution is -0.146. The molecule has 0 aromatic carbocycles. The van der Waals surface area contributed by atoms with E-state index in [4.69, 9.17) is 4.74 Å². The summed E-state index contributed by atoms with van der Waals surface area (Å²) < 4.78 is 4.87. The summed E-state index contributed by atoms with van der Waals surface area (Å²) in [4.78, 5) is 23.0. The van der Waals surface area contributed by atoms with E-state index in [1.54, 1.807) is 13.0 Å². The van der Waals surface area contributed by atoms with E-state index in [0.29, 0.717) is 6.61 Å². The lowest BCUT2D eigenvalue weighted by Gasteiger charge is -2.27. The van der Waals surface area contributed by atoms with E-state index in [-0.39, 0.29) is 29.5 Å². The van der Waals surface area contributed by atoms with Gasteiger partial charge in [0.05, 0.1) is 13.0 Å². The summed E-state index contributed by atoms with van der Waals surface area (Å²) in [5.74, 6) is -0.492. The zero-order valence-electron chi connectivity index (χ0n) is 9.79. The predicted molar refractivity (Wildman–Crippen MR) is 57.3 cm³/mol. The number of rotatable bonds is 3. The van der Waals surface area contributed by atoms with Crippen LogP contribution in [-0.2, 0) is 14.3 Å². The minimum Gasteiger partial charge on any atom is -0.466 e. The van der Waals surface area contributed by atoms with Crippen LogP contribution in [0.1, 0.15) is 34.1 Å². The zero-order chi connectivity index (χ0) is 11.6. The Labute approximate surface area is 90.5 Å². The van der Waals surface area contributed by atoms with Crippen molar-refractivity contribution in [3.63, 3.8) is 0 Å². The molecule has 0 aromatic heterocycles. The van der Waals surface area contributed by atoms with Gasteiger partial charge >= 0.3 is 5.97 Å². The first-order chi connectivity index (χ1) is 6.89. The average Bonchev–Trinajstić information content (AvgIpc) is 2.29. The molecule has 1 aliphatic carbocycles. The van der Waals surface area contributed by atoms with Gasteiger partial charge in [0.2, 0.25) is 0 Å². The van der Waals surface area contributed by atoms with Crippen LogP contribution in [0.4, 0.5) is 0 Å². The van der Waals surface area contributed by atoms with E-state index >= 15 is 0 Å². The second-order valence-electron chi connectivity index (χ2n) is 4.51. The fraction of sp³-hybridized carbons (Fsp3) is 0.667. The fourth-order valence-electron chi connectivity index (χ4n) is 1.87. The van der Waals surface area contributed by atoms with Crippen LogP contribution in [0.3, 0.4) is 0 Å². The molecule has 0 bridgehead atoms. The Morgan fingerprint density at radius 1 is 1.53 bits per heavy atom. The lowest BCUT2D eigenvalue weighted by Crippen LogP contribution is -2.28. The van der Waals surface area contributed by atoms with Crippen molar-refractivity contribution >= 4 is 11.8 Å². The van der Waals surface area contributed by atoms with E-state index < -0.39 is 0 Å². The third kappa shape index (κ3) is 2.28. The summed E-state index contributed by atoms with van der Waals surface area (Å²) in [7, 11) is 0. The van der Waals surface area contributed by atoms with Crippen LogP contribution in [0.5, 0.6) is 0 Å². The van der Waals surface area contributed by atoms with Crippen LogP contribution in [-0.4, -0.2) is 18.4 Å². The molecular formula is C12H18O3. The number of esters is 1. The number of ketones is 1. The first kappa shape index (κ1) is 12.0. The fourth-order valence-corrected chi connectivity index (χ4v) is 1.87. The minimum atomic E-state index is -0.285. The standard InChI is InChI=1S/C12H18O3/c1-5-15-11(14)7-9-10(13)6-8(2)12(9,3)4/h6,9H,5,7H2,1-4H3/t9-/m0/s1. The van der Waals surface area contributed by atoms with Crippen LogP contribution < -0.4 is 0 Å². The van der Waals surface area contributed by atoms with Crippen LogP contribution >= 0.6 is 0 Å². The summed E-state index contributed by atoms with van der Waals surface area (Å²) in [5, 5.41) is 0. The molecule has 0 amide bonds. The predicted octanol–water partition coefficient (Wildman–Crippen LogP) is 2.11. The van der Waals surface area contributed by atoms with Gasteiger partial charge < -0.3 is 4.74 Å².